The molecule has 0 atom stereocenters. The van der Waals surface area contributed by atoms with E-state index in [1.54, 1.807) is 12.2 Å². The Labute approximate surface area is 80.4 Å². The van der Waals surface area contributed by atoms with Crippen molar-refractivity contribution in [2.75, 3.05) is 5.33 Å². The summed E-state index contributed by atoms with van der Waals surface area (Å²) in [5, 5.41) is 9.06. The summed E-state index contributed by atoms with van der Waals surface area (Å²) in [5.41, 5.74) is 1.46. The Balaban J connectivity index is 3.91. The minimum Gasteiger partial charge on any atom is -0.481 e. The molecule has 0 aliphatic carbocycles. The van der Waals surface area contributed by atoms with Crippen LogP contribution in [0.25, 0.3) is 0 Å². The highest BCUT2D eigenvalue weighted by Gasteiger charge is 1.96. The molecule has 0 aromatic rings. The van der Waals surface area contributed by atoms with E-state index in [4.69, 9.17) is 5.11 Å². The van der Waals surface area contributed by atoms with Crippen molar-refractivity contribution >= 4 is 21.9 Å². The second-order valence-electron chi connectivity index (χ2n) is 2.35. The molecule has 0 fully saturated rings. The molecule has 0 saturated carbocycles. The summed E-state index contributed by atoms with van der Waals surface area (Å²) in [5.74, 6) is -0.867. The second-order valence-corrected chi connectivity index (χ2v) is 2.91. The maximum Gasteiger partial charge on any atom is 0.307 e. The normalized spacial score (nSPS) is 10.1. The van der Waals surface area contributed by atoms with Crippen molar-refractivity contribution in [3.8, 4) is 0 Å². The maximum absolute atomic E-state index is 10.2. The first-order valence-corrected chi connectivity index (χ1v) is 4.49. The molecule has 0 unspecified atom stereocenters. The van der Waals surface area contributed by atoms with Gasteiger partial charge in [-0.05, 0) is 11.1 Å². The molecule has 2 nitrogen and oxygen atoms in total. The molecule has 0 aromatic carbocycles. The number of allylic oxidation sites excluding steroid dienone is 3. The molecular formula is C9H11BrO2. The van der Waals surface area contributed by atoms with Gasteiger partial charge < -0.3 is 5.11 Å². The molecule has 0 bridgehead atoms. The molecule has 1 N–H and O–H groups in total. The summed E-state index contributed by atoms with van der Waals surface area (Å²) >= 11 is 3.22. The highest BCUT2D eigenvalue weighted by Crippen LogP contribution is 2.04. The minimum atomic E-state index is -0.867. The van der Waals surface area contributed by atoms with Crippen molar-refractivity contribution in [1.29, 1.82) is 0 Å². The van der Waals surface area contributed by atoms with Gasteiger partial charge in [-0.2, -0.15) is 0 Å². The molecule has 0 aliphatic rings. The van der Waals surface area contributed by atoms with Gasteiger partial charge in [-0.1, -0.05) is 41.2 Å². The lowest BCUT2D eigenvalue weighted by Gasteiger charge is -1.94. The molecule has 0 aromatic heterocycles. The van der Waals surface area contributed by atoms with E-state index in [0.717, 1.165) is 5.57 Å². The van der Waals surface area contributed by atoms with Gasteiger partial charge in [-0.15, -0.1) is 0 Å². The van der Waals surface area contributed by atoms with Gasteiger partial charge in [0.1, 0.15) is 0 Å². The third kappa shape index (κ3) is 5.92. The first-order valence-electron chi connectivity index (χ1n) is 3.37. The van der Waals surface area contributed by atoms with Gasteiger partial charge in [-0.25, -0.2) is 0 Å². The number of carboxylic acid groups (broad SMARTS) is 1. The highest BCUT2D eigenvalue weighted by molar-refractivity contribution is 9.09. The van der Waals surface area contributed by atoms with Crippen molar-refractivity contribution in [2.45, 2.75) is 6.42 Å². The fourth-order valence-electron chi connectivity index (χ4n) is 0.533. The van der Waals surface area contributed by atoms with Crippen LogP contribution in [0, 0.1) is 0 Å². The summed E-state index contributed by atoms with van der Waals surface area (Å²) in [6.45, 7) is 7.28. The fraction of sp³-hybridized carbons (Fsp3) is 0.222. The van der Waals surface area contributed by atoms with E-state index in [1.807, 2.05) is 0 Å². The van der Waals surface area contributed by atoms with Crippen molar-refractivity contribution in [2.24, 2.45) is 0 Å². The number of carbonyl (C=O) groups is 1. The quantitative estimate of drug-likeness (QED) is 0.583. The van der Waals surface area contributed by atoms with E-state index in [9.17, 15) is 4.79 Å². The molecular weight excluding hydrogens is 220 g/mol. The molecule has 0 spiro atoms. The standard InChI is InChI=1S/C9H11BrO2/c1-7(5-9(11)12)3-4-8(2)6-10/h3-4H,1-2,5-6H2,(H,11,12)/b4-3-. The number of rotatable bonds is 5. The van der Waals surface area contributed by atoms with Crippen molar-refractivity contribution in [1.82, 2.24) is 0 Å². The smallest absolute Gasteiger partial charge is 0.307 e. The van der Waals surface area contributed by atoms with Crippen LogP contribution in [0.3, 0.4) is 0 Å². The Morgan fingerprint density at radius 3 is 2.25 bits per heavy atom. The van der Waals surface area contributed by atoms with E-state index in [1.165, 1.54) is 0 Å². The Morgan fingerprint density at radius 1 is 1.33 bits per heavy atom. The van der Waals surface area contributed by atoms with Gasteiger partial charge in [0.05, 0.1) is 6.42 Å². The number of halogens is 1. The molecule has 0 rings (SSSR count). The average molecular weight is 231 g/mol. The van der Waals surface area contributed by atoms with Crippen LogP contribution in [0.4, 0.5) is 0 Å². The first-order chi connectivity index (χ1) is 5.56. The molecule has 0 aliphatic heterocycles. The number of hydrogen-bond acceptors (Lipinski definition) is 1. The zero-order valence-electron chi connectivity index (χ0n) is 6.72. The third-order valence-corrected chi connectivity index (χ3v) is 1.82. The van der Waals surface area contributed by atoms with Crippen LogP contribution >= 0.6 is 15.9 Å². The predicted octanol–water partition coefficient (Wildman–Crippen LogP) is 2.52. The van der Waals surface area contributed by atoms with E-state index in [-0.39, 0.29) is 6.42 Å². The Kier molecular flexibility index (Phi) is 5.37. The molecule has 0 radical (unpaired) electrons. The van der Waals surface area contributed by atoms with Gasteiger partial charge in [0.25, 0.3) is 0 Å². The summed E-state index contributed by atoms with van der Waals surface area (Å²) < 4.78 is 0. The Hall–Kier alpha value is -0.830. The number of hydrogen-bond donors (Lipinski definition) is 1. The average Bonchev–Trinajstić information content (AvgIpc) is 1.99. The van der Waals surface area contributed by atoms with Crippen molar-refractivity contribution in [3.63, 3.8) is 0 Å². The summed E-state index contributed by atoms with van der Waals surface area (Å²) in [6.07, 6.45) is 3.39. The van der Waals surface area contributed by atoms with Gasteiger partial charge in [0, 0.05) is 5.33 Å². The van der Waals surface area contributed by atoms with E-state index < -0.39 is 5.97 Å². The number of alkyl halides is 1. The SMILES string of the molecule is C=C(/C=C\C(=C)CC(=O)O)CBr. The predicted molar refractivity (Wildman–Crippen MR) is 53.5 cm³/mol. The lowest BCUT2D eigenvalue weighted by Crippen LogP contribution is -1.94. The molecule has 12 heavy (non-hydrogen) atoms. The molecule has 66 valence electrons. The zero-order chi connectivity index (χ0) is 9.56. The van der Waals surface area contributed by atoms with E-state index >= 15 is 0 Å². The lowest BCUT2D eigenvalue weighted by atomic mass is 10.2. The van der Waals surface area contributed by atoms with Crippen LogP contribution in [0.15, 0.2) is 36.5 Å². The monoisotopic (exact) mass is 230 g/mol. The van der Waals surface area contributed by atoms with Crippen LogP contribution in [0.2, 0.25) is 0 Å². The Bertz CT molecular complexity index is 229. The molecule has 0 saturated heterocycles. The number of carboxylic acids is 1. The minimum absolute atomic E-state index is 0.0218. The van der Waals surface area contributed by atoms with Gasteiger partial charge in [-0.3, -0.25) is 4.79 Å². The summed E-state index contributed by atoms with van der Waals surface area (Å²) in [7, 11) is 0. The van der Waals surface area contributed by atoms with Crippen LogP contribution in [-0.2, 0) is 4.79 Å². The van der Waals surface area contributed by atoms with Crippen LogP contribution in [0.5, 0.6) is 0 Å². The summed E-state index contributed by atoms with van der Waals surface area (Å²) in [6, 6.07) is 0. The molecule has 0 amide bonds. The zero-order valence-corrected chi connectivity index (χ0v) is 8.30. The molecule has 0 heterocycles. The fourth-order valence-corrected chi connectivity index (χ4v) is 0.720. The van der Waals surface area contributed by atoms with E-state index in [2.05, 4.69) is 29.1 Å². The van der Waals surface area contributed by atoms with Gasteiger partial charge >= 0.3 is 5.97 Å². The van der Waals surface area contributed by atoms with Gasteiger partial charge in [0.2, 0.25) is 0 Å². The third-order valence-electron chi connectivity index (χ3n) is 1.10. The lowest BCUT2D eigenvalue weighted by molar-refractivity contribution is -0.136. The second kappa shape index (κ2) is 5.77. The Morgan fingerprint density at radius 2 is 1.83 bits per heavy atom. The maximum atomic E-state index is 10.2. The van der Waals surface area contributed by atoms with Crippen molar-refractivity contribution in [3.05, 3.63) is 36.5 Å². The summed E-state index contributed by atoms with van der Waals surface area (Å²) in [4.78, 5) is 10.2. The van der Waals surface area contributed by atoms with Crippen LogP contribution in [-0.4, -0.2) is 16.4 Å². The number of aliphatic carboxylic acids is 1. The van der Waals surface area contributed by atoms with Gasteiger partial charge in [0.15, 0.2) is 0 Å². The first kappa shape index (κ1) is 11.2. The highest BCUT2D eigenvalue weighted by atomic mass is 79.9. The van der Waals surface area contributed by atoms with Crippen LogP contribution < -0.4 is 0 Å². The van der Waals surface area contributed by atoms with Crippen molar-refractivity contribution < 1.29 is 9.90 Å². The largest absolute Gasteiger partial charge is 0.481 e. The topological polar surface area (TPSA) is 37.3 Å². The van der Waals surface area contributed by atoms with Crippen LogP contribution in [0.1, 0.15) is 6.42 Å². The van der Waals surface area contributed by atoms with E-state index in [0.29, 0.717) is 10.9 Å². The molecule has 3 heteroatoms.